The minimum absolute atomic E-state index is 0.0250. The third kappa shape index (κ3) is 5.30. The van der Waals surface area contributed by atoms with Crippen molar-refractivity contribution in [1.29, 1.82) is 0 Å². The van der Waals surface area contributed by atoms with Gasteiger partial charge in [0.15, 0.2) is 9.84 Å². The van der Waals surface area contributed by atoms with Crippen molar-refractivity contribution in [2.45, 2.75) is 49.4 Å². The molecule has 0 unspecified atom stereocenters. The van der Waals surface area contributed by atoms with Gasteiger partial charge in [0.25, 0.3) is 5.19 Å². The van der Waals surface area contributed by atoms with Crippen LogP contribution in [0.25, 0.3) is 10.2 Å². The normalized spacial score (nSPS) is 15.2. The summed E-state index contributed by atoms with van der Waals surface area (Å²) in [5.74, 6) is 0.808. The van der Waals surface area contributed by atoms with Gasteiger partial charge in [-0.3, -0.25) is 4.79 Å². The Kier molecular flexibility index (Phi) is 6.90. The maximum absolute atomic E-state index is 12.7. The maximum atomic E-state index is 12.7. The van der Waals surface area contributed by atoms with Gasteiger partial charge >= 0.3 is 0 Å². The van der Waals surface area contributed by atoms with Crippen molar-refractivity contribution < 1.29 is 22.7 Å². The molecule has 1 saturated heterocycles. The van der Waals surface area contributed by atoms with E-state index in [9.17, 15) is 13.2 Å². The molecule has 0 aliphatic carbocycles. The molecule has 2 aromatic carbocycles. The number of sulfone groups is 1. The van der Waals surface area contributed by atoms with Crippen LogP contribution in [-0.2, 0) is 21.1 Å². The predicted molar refractivity (Wildman–Crippen MR) is 129 cm³/mol. The Labute approximate surface area is 198 Å². The summed E-state index contributed by atoms with van der Waals surface area (Å²) in [6.07, 6.45) is 1.78. The smallest absolute Gasteiger partial charge is 0.274 e. The lowest BCUT2D eigenvalue weighted by atomic mass is 10.1. The molecule has 0 spiro atoms. The van der Waals surface area contributed by atoms with Crippen LogP contribution in [0.5, 0.6) is 10.9 Å². The summed E-state index contributed by atoms with van der Waals surface area (Å²) in [5, 5.41) is 0.165. The van der Waals surface area contributed by atoms with Crippen LogP contribution in [-0.4, -0.2) is 55.8 Å². The molecule has 1 amide bonds. The predicted octanol–water partition coefficient (Wildman–Crippen LogP) is 4.10. The van der Waals surface area contributed by atoms with Crippen LogP contribution < -0.4 is 9.47 Å². The zero-order chi connectivity index (χ0) is 23.6. The van der Waals surface area contributed by atoms with Gasteiger partial charge in [-0.15, -0.1) is 0 Å². The Balaban J connectivity index is 1.30. The summed E-state index contributed by atoms with van der Waals surface area (Å²) in [6, 6.07) is 12.4. The summed E-state index contributed by atoms with van der Waals surface area (Å²) < 4.78 is 36.9. The first-order valence-electron chi connectivity index (χ1n) is 11.0. The van der Waals surface area contributed by atoms with Gasteiger partial charge in [-0.2, -0.15) is 0 Å². The van der Waals surface area contributed by atoms with Crippen LogP contribution in [0.3, 0.4) is 0 Å². The van der Waals surface area contributed by atoms with E-state index in [1.54, 1.807) is 45.2 Å². The van der Waals surface area contributed by atoms with E-state index in [-0.39, 0.29) is 18.4 Å². The third-order valence-electron chi connectivity index (χ3n) is 5.87. The zero-order valence-corrected chi connectivity index (χ0v) is 20.6. The van der Waals surface area contributed by atoms with E-state index in [1.165, 1.54) is 11.3 Å². The van der Waals surface area contributed by atoms with Crippen molar-refractivity contribution >= 4 is 37.3 Å². The summed E-state index contributed by atoms with van der Waals surface area (Å²) in [4.78, 5) is 19.4. The number of benzene rings is 2. The number of likely N-dealkylation sites (tertiary alicyclic amines) is 1. The highest BCUT2D eigenvalue weighted by Gasteiger charge is 2.25. The number of ether oxygens (including phenoxy) is 2. The Morgan fingerprint density at radius 2 is 1.85 bits per heavy atom. The number of piperidine rings is 1. The highest BCUT2D eigenvalue weighted by molar-refractivity contribution is 7.92. The number of hydrogen-bond acceptors (Lipinski definition) is 7. The minimum Gasteiger partial charge on any atom is -0.497 e. The van der Waals surface area contributed by atoms with Crippen molar-refractivity contribution in [3.05, 3.63) is 48.0 Å². The van der Waals surface area contributed by atoms with Crippen LogP contribution in [0.2, 0.25) is 0 Å². The molecule has 0 N–H and O–H groups in total. The first-order chi connectivity index (χ1) is 15.8. The molecule has 0 radical (unpaired) electrons. The molecule has 2 heterocycles. The zero-order valence-electron chi connectivity index (χ0n) is 19.0. The Hall–Kier alpha value is -2.65. The number of carbonyl (C=O) groups is 1. The SMILES string of the molecule is COc1ccc2sc(OC3CCN(C(=O)Cc4ccc(S(=O)(=O)C(C)C)cc4)CC3)nc2c1. The highest BCUT2D eigenvalue weighted by atomic mass is 32.2. The molecule has 1 fully saturated rings. The van der Waals surface area contributed by atoms with Crippen LogP contribution in [0.1, 0.15) is 32.3 Å². The van der Waals surface area contributed by atoms with Crippen molar-refractivity contribution in [3.63, 3.8) is 0 Å². The van der Waals surface area contributed by atoms with Gasteiger partial charge in [-0.25, -0.2) is 13.4 Å². The van der Waals surface area contributed by atoms with Gasteiger partial charge in [0.1, 0.15) is 11.9 Å². The molecule has 0 bridgehead atoms. The number of amides is 1. The van der Waals surface area contributed by atoms with Gasteiger partial charge in [0.2, 0.25) is 5.91 Å². The minimum atomic E-state index is -3.31. The molecule has 7 nitrogen and oxygen atoms in total. The molecule has 4 rings (SSSR count). The lowest BCUT2D eigenvalue weighted by Gasteiger charge is -2.31. The summed E-state index contributed by atoms with van der Waals surface area (Å²) >= 11 is 1.51. The second kappa shape index (κ2) is 9.69. The van der Waals surface area contributed by atoms with Crippen molar-refractivity contribution in [3.8, 4) is 10.9 Å². The van der Waals surface area contributed by atoms with E-state index in [4.69, 9.17) is 9.47 Å². The largest absolute Gasteiger partial charge is 0.497 e. The molecule has 1 aliphatic heterocycles. The molecule has 0 atom stereocenters. The number of rotatable bonds is 7. The Morgan fingerprint density at radius 1 is 1.15 bits per heavy atom. The van der Waals surface area contributed by atoms with E-state index in [1.807, 2.05) is 23.1 Å². The quantitative estimate of drug-likeness (QED) is 0.498. The molecule has 9 heteroatoms. The number of thiazole rings is 1. The Morgan fingerprint density at radius 3 is 2.48 bits per heavy atom. The van der Waals surface area contributed by atoms with Gasteiger partial charge in [0, 0.05) is 32.0 Å². The molecular formula is C24H28N2O5S2. The number of carbonyl (C=O) groups excluding carboxylic acids is 1. The van der Waals surface area contributed by atoms with Gasteiger partial charge in [-0.05, 0) is 43.7 Å². The molecule has 3 aromatic rings. The molecule has 176 valence electrons. The van der Waals surface area contributed by atoms with E-state index in [0.29, 0.717) is 23.2 Å². The second-order valence-corrected chi connectivity index (χ2v) is 11.9. The molecule has 33 heavy (non-hydrogen) atoms. The lowest BCUT2D eigenvalue weighted by Crippen LogP contribution is -2.42. The number of fused-ring (bicyclic) bond motifs is 1. The third-order valence-corrected chi connectivity index (χ3v) is 8.96. The lowest BCUT2D eigenvalue weighted by molar-refractivity contribution is -0.132. The standard InChI is InChI=1S/C24H28N2O5S2/c1-16(2)33(28,29)20-7-4-17(5-8-20)14-23(27)26-12-10-18(11-13-26)31-24-25-21-15-19(30-3)6-9-22(21)32-24/h4-9,15-16,18H,10-14H2,1-3H3. The molecular weight excluding hydrogens is 460 g/mol. The number of methoxy groups -OCH3 is 1. The van der Waals surface area contributed by atoms with Crippen LogP contribution >= 0.6 is 11.3 Å². The van der Waals surface area contributed by atoms with E-state index in [0.717, 1.165) is 34.4 Å². The Bertz CT molecular complexity index is 1230. The monoisotopic (exact) mass is 488 g/mol. The second-order valence-electron chi connectivity index (χ2n) is 8.43. The van der Waals surface area contributed by atoms with E-state index in [2.05, 4.69) is 4.98 Å². The van der Waals surface area contributed by atoms with Gasteiger partial charge < -0.3 is 14.4 Å². The maximum Gasteiger partial charge on any atom is 0.274 e. The van der Waals surface area contributed by atoms with Crippen molar-refractivity contribution in [1.82, 2.24) is 9.88 Å². The van der Waals surface area contributed by atoms with E-state index < -0.39 is 15.1 Å². The van der Waals surface area contributed by atoms with Crippen molar-refractivity contribution in [2.75, 3.05) is 20.2 Å². The van der Waals surface area contributed by atoms with Crippen molar-refractivity contribution in [2.24, 2.45) is 0 Å². The fraction of sp³-hybridized carbons (Fsp3) is 0.417. The van der Waals surface area contributed by atoms with E-state index >= 15 is 0 Å². The van der Waals surface area contributed by atoms with Crippen LogP contribution in [0.4, 0.5) is 0 Å². The van der Waals surface area contributed by atoms with Gasteiger partial charge in [0.05, 0.1) is 33.9 Å². The first-order valence-corrected chi connectivity index (χ1v) is 13.3. The average molecular weight is 489 g/mol. The van der Waals surface area contributed by atoms with Gasteiger partial charge in [-0.1, -0.05) is 23.5 Å². The molecule has 0 saturated carbocycles. The number of nitrogens with zero attached hydrogens (tertiary/aromatic N) is 2. The number of hydrogen-bond donors (Lipinski definition) is 0. The summed E-state index contributed by atoms with van der Waals surface area (Å²) in [7, 11) is -1.68. The molecule has 1 aromatic heterocycles. The van der Waals surface area contributed by atoms with Crippen LogP contribution in [0, 0.1) is 0 Å². The fourth-order valence-electron chi connectivity index (χ4n) is 3.78. The first kappa shape index (κ1) is 23.5. The number of aromatic nitrogens is 1. The summed E-state index contributed by atoms with van der Waals surface area (Å²) in [5.41, 5.74) is 1.67. The van der Waals surface area contributed by atoms with Crippen LogP contribution in [0.15, 0.2) is 47.4 Å². The highest BCUT2D eigenvalue weighted by Crippen LogP contribution is 2.32. The summed E-state index contributed by atoms with van der Waals surface area (Å²) in [6.45, 7) is 4.58. The average Bonchev–Trinajstić information content (AvgIpc) is 3.21. The molecule has 1 aliphatic rings. The topological polar surface area (TPSA) is 85.8 Å². The fourth-order valence-corrected chi connectivity index (χ4v) is 5.71.